The fourth-order valence-electron chi connectivity index (χ4n) is 10.3. The van der Waals surface area contributed by atoms with Gasteiger partial charge in [0.2, 0.25) is 0 Å². The van der Waals surface area contributed by atoms with Gasteiger partial charge in [-0.1, -0.05) is 197 Å². The molecule has 2 aromatic heterocycles. The third-order valence-electron chi connectivity index (χ3n) is 12.8. The summed E-state index contributed by atoms with van der Waals surface area (Å²) in [6.45, 7) is 0. The molecule has 2 atom stereocenters. The third-order valence-corrected chi connectivity index (χ3v) is 17.9. The van der Waals surface area contributed by atoms with E-state index in [1.807, 2.05) is 0 Å². The van der Waals surface area contributed by atoms with E-state index in [2.05, 4.69) is 218 Å². The van der Waals surface area contributed by atoms with Crippen molar-refractivity contribution in [3.63, 3.8) is 0 Å². The maximum absolute atomic E-state index is 2.61. The van der Waals surface area contributed by atoms with Gasteiger partial charge in [-0.2, -0.15) is 0 Å². The Hall–Kier alpha value is -6.94. The highest BCUT2D eigenvalue weighted by molar-refractivity contribution is 7.68. The molecular weight excluding hydrogens is 759 g/mol. The summed E-state index contributed by atoms with van der Waals surface area (Å²) in [4.78, 5) is 0. The predicted octanol–water partition coefficient (Wildman–Crippen LogP) is 18.2. The lowest BCUT2D eigenvalue weighted by Gasteiger charge is -2.19. The molecule has 278 valence electrons. The molecule has 0 saturated heterocycles. The van der Waals surface area contributed by atoms with Crippen LogP contribution in [0.15, 0.2) is 218 Å². The summed E-state index contributed by atoms with van der Waals surface area (Å²) in [6.07, 6.45) is 0. The SMILES string of the molecule is c1ccc(-c2c3cc4c5c6ccccc6ccc5p(-c5ccccc5)c4cc3c(-c3ccccc3)c3cc4c5c6ccccc6ccc5p(-c5ccccc5)c4cc23)cc1. The summed E-state index contributed by atoms with van der Waals surface area (Å²) in [5, 5.41) is 24.6. The van der Waals surface area contributed by atoms with Crippen molar-refractivity contribution in [1.82, 2.24) is 0 Å². The molecule has 0 aliphatic heterocycles. The first-order chi connectivity index (χ1) is 29.8. The molecule has 2 heterocycles. The number of hydrogen-bond donors (Lipinski definition) is 0. The minimum atomic E-state index is -0.795. The van der Waals surface area contributed by atoms with Gasteiger partial charge >= 0.3 is 0 Å². The van der Waals surface area contributed by atoms with Crippen molar-refractivity contribution in [3.05, 3.63) is 218 Å². The molecule has 0 spiro atoms. The van der Waals surface area contributed by atoms with Crippen LogP contribution in [0.25, 0.3) is 118 Å². The summed E-state index contributed by atoms with van der Waals surface area (Å²) < 4.78 is 0. The van der Waals surface area contributed by atoms with Crippen LogP contribution in [0.4, 0.5) is 0 Å². The van der Waals surface area contributed by atoms with Gasteiger partial charge in [0.25, 0.3) is 0 Å². The first kappa shape index (κ1) is 34.0. The fourth-order valence-corrected chi connectivity index (χ4v) is 15.6. The van der Waals surface area contributed by atoms with Crippen molar-refractivity contribution in [2.24, 2.45) is 0 Å². The lowest BCUT2D eigenvalue weighted by atomic mass is 9.84. The van der Waals surface area contributed by atoms with Gasteiger partial charge in [0.1, 0.15) is 0 Å². The number of hydrogen-bond acceptors (Lipinski definition) is 0. The number of rotatable bonds is 4. The van der Waals surface area contributed by atoms with E-state index in [1.54, 1.807) is 0 Å². The van der Waals surface area contributed by atoms with E-state index in [-0.39, 0.29) is 0 Å². The van der Waals surface area contributed by atoms with E-state index in [9.17, 15) is 0 Å². The molecule has 2 unspecified atom stereocenters. The fraction of sp³-hybridized carbons (Fsp3) is 0. The Morgan fingerprint density at radius 3 is 1.00 bits per heavy atom. The summed E-state index contributed by atoms with van der Waals surface area (Å²) >= 11 is 0. The molecule has 60 heavy (non-hydrogen) atoms. The number of fused-ring (bicyclic) bond motifs is 12. The normalized spacial score (nSPS) is 12.6. The van der Waals surface area contributed by atoms with Gasteiger partial charge < -0.3 is 0 Å². The predicted molar refractivity (Wildman–Crippen MR) is 265 cm³/mol. The monoisotopic (exact) mass is 794 g/mol. The minimum absolute atomic E-state index is 0.795. The van der Waals surface area contributed by atoms with E-state index in [1.165, 1.54) is 118 Å². The van der Waals surface area contributed by atoms with Crippen LogP contribution in [-0.2, 0) is 0 Å². The maximum Gasteiger partial charge on any atom is 0.00751 e. The van der Waals surface area contributed by atoms with Gasteiger partial charge in [0.05, 0.1) is 0 Å². The van der Waals surface area contributed by atoms with Crippen LogP contribution >= 0.6 is 15.1 Å². The van der Waals surface area contributed by atoms with E-state index in [0.717, 1.165) is 0 Å². The summed E-state index contributed by atoms with van der Waals surface area (Å²) in [6, 6.07) is 82.7. The second-order valence-corrected chi connectivity index (χ2v) is 20.3. The van der Waals surface area contributed by atoms with Crippen LogP contribution in [0.1, 0.15) is 0 Å². The van der Waals surface area contributed by atoms with E-state index >= 15 is 0 Å². The van der Waals surface area contributed by atoms with Crippen LogP contribution in [0.2, 0.25) is 0 Å². The summed E-state index contributed by atoms with van der Waals surface area (Å²) in [7, 11) is -1.59. The van der Waals surface area contributed by atoms with Gasteiger partial charge in [0.15, 0.2) is 0 Å². The van der Waals surface area contributed by atoms with Gasteiger partial charge in [0, 0.05) is 31.2 Å². The maximum atomic E-state index is 2.61. The smallest absolute Gasteiger partial charge is 0.00751 e. The minimum Gasteiger partial charge on any atom is -0.0772 e. The molecule has 11 aromatic carbocycles. The standard InChI is InChI=1S/C58H36P2/c1-5-19-39(20-6-1)55-45-33-49-54(60(42-25-11-4-12-26-42)51-31-29-37-17-13-15-27-43(37)57(49)51)36-48(45)56(40-21-7-2-8-22-40)46-34-50-53(35-47(46)55)59(41-23-9-3-10-24-41)52-32-30-38-18-14-16-28-44(38)58(50)52/h1-36H. The molecule has 0 bridgehead atoms. The van der Waals surface area contributed by atoms with Crippen molar-refractivity contribution in [3.8, 4) is 32.9 Å². The molecule has 0 aliphatic carbocycles. The molecule has 2 heteroatoms. The Morgan fingerprint density at radius 1 is 0.233 bits per heavy atom. The second kappa shape index (κ2) is 13.3. The molecule has 0 N–H and O–H groups in total. The molecule has 0 radical (unpaired) electrons. The van der Waals surface area contributed by atoms with Gasteiger partial charge in [-0.3, -0.25) is 0 Å². The lowest BCUT2D eigenvalue weighted by molar-refractivity contribution is 1.67. The zero-order valence-electron chi connectivity index (χ0n) is 32.7. The Morgan fingerprint density at radius 2 is 0.583 bits per heavy atom. The second-order valence-electron chi connectivity index (χ2n) is 16.0. The lowest BCUT2D eigenvalue weighted by Crippen LogP contribution is -1.91. The zero-order valence-corrected chi connectivity index (χ0v) is 34.5. The van der Waals surface area contributed by atoms with Crippen LogP contribution in [0, 0.1) is 0 Å². The zero-order chi connectivity index (χ0) is 39.3. The number of benzene rings is 11. The summed E-state index contributed by atoms with van der Waals surface area (Å²) in [5.41, 5.74) is 5.12. The van der Waals surface area contributed by atoms with Crippen molar-refractivity contribution >= 4 is 100 Å². The molecule has 0 saturated carbocycles. The molecule has 0 amide bonds. The molecular formula is C58H36P2. The van der Waals surface area contributed by atoms with Crippen LogP contribution in [-0.4, -0.2) is 0 Å². The Balaban J connectivity index is 1.31. The molecule has 0 fully saturated rings. The van der Waals surface area contributed by atoms with E-state index in [4.69, 9.17) is 0 Å². The Bertz CT molecular complexity index is 3580. The van der Waals surface area contributed by atoms with Gasteiger partial charge in [-0.05, 0) is 123 Å². The van der Waals surface area contributed by atoms with Crippen molar-refractivity contribution in [2.45, 2.75) is 0 Å². The highest BCUT2D eigenvalue weighted by atomic mass is 31.1. The van der Waals surface area contributed by atoms with Crippen LogP contribution < -0.4 is 0 Å². The van der Waals surface area contributed by atoms with Crippen molar-refractivity contribution < 1.29 is 0 Å². The van der Waals surface area contributed by atoms with E-state index < -0.39 is 15.1 Å². The highest BCUT2D eigenvalue weighted by Crippen LogP contribution is 2.61. The molecule has 13 rings (SSSR count). The van der Waals surface area contributed by atoms with Gasteiger partial charge in [-0.15, -0.1) is 0 Å². The highest BCUT2D eigenvalue weighted by Gasteiger charge is 2.24. The van der Waals surface area contributed by atoms with E-state index in [0.29, 0.717) is 0 Å². The van der Waals surface area contributed by atoms with Crippen molar-refractivity contribution in [2.75, 3.05) is 0 Å². The average Bonchev–Trinajstić information content (AvgIpc) is 3.82. The largest absolute Gasteiger partial charge is 0.0772 e. The quantitative estimate of drug-likeness (QED) is 0.156. The van der Waals surface area contributed by atoms with Gasteiger partial charge in [-0.25, -0.2) is 0 Å². The molecule has 13 aromatic rings. The average molecular weight is 795 g/mol. The first-order valence-electron chi connectivity index (χ1n) is 20.8. The molecule has 0 nitrogen and oxygen atoms in total. The van der Waals surface area contributed by atoms with Crippen LogP contribution in [0.5, 0.6) is 0 Å². The Labute approximate surface area is 349 Å². The van der Waals surface area contributed by atoms with Crippen molar-refractivity contribution in [1.29, 1.82) is 0 Å². The third kappa shape index (κ3) is 4.93. The first-order valence-corrected chi connectivity index (χ1v) is 23.5. The van der Waals surface area contributed by atoms with Crippen LogP contribution in [0.3, 0.4) is 0 Å². The topological polar surface area (TPSA) is 0 Å². The summed E-state index contributed by atoms with van der Waals surface area (Å²) in [5.74, 6) is 0. The Kier molecular flexibility index (Phi) is 7.52. The molecule has 0 aliphatic rings.